The van der Waals surface area contributed by atoms with Gasteiger partial charge in [-0.2, -0.15) is 0 Å². The molecule has 3 aromatic carbocycles. The second-order valence-electron chi connectivity index (χ2n) is 6.43. The first-order chi connectivity index (χ1) is 11.6. The van der Waals surface area contributed by atoms with Crippen molar-refractivity contribution in [3.63, 3.8) is 0 Å². The average molecular weight is 338 g/mol. The van der Waals surface area contributed by atoms with E-state index in [4.69, 9.17) is 16.3 Å². The van der Waals surface area contributed by atoms with Crippen molar-refractivity contribution in [1.29, 1.82) is 0 Å². The first kappa shape index (κ1) is 15.3. The van der Waals surface area contributed by atoms with Crippen molar-refractivity contribution in [3.05, 3.63) is 53.1 Å². The van der Waals surface area contributed by atoms with Gasteiger partial charge in [0, 0.05) is 29.2 Å². The van der Waals surface area contributed by atoms with Gasteiger partial charge in [-0.25, -0.2) is 0 Å². The summed E-state index contributed by atoms with van der Waals surface area (Å²) < 4.78 is 7.74. The second kappa shape index (κ2) is 5.42. The van der Waals surface area contributed by atoms with E-state index in [1.165, 1.54) is 43.7 Å². The quantitative estimate of drug-likeness (QED) is 0.418. The summed E-state index contributed by atoms with van der Waals surface area (Å²) in [6.45, 7) is 4.42. The minimum atomic E-state index is 0.538. The van der Waals surface area contributed by atoms with Crippen molar-refractivity contribution in [2.45, 2.75) is 19.7 Å². The summed E-state index contributed by atoms with van der Waals surface area (Å²) in [4.78, 5) is 0. The van der Waals surface area contributed by atoms with E-state index in [1.54, 1.807) is 7.11 Å². The highest BCUT2D eigenvalue weighted by molar-refractivity contribution is 6.18. The zero-order valence-corrected chi connectivity index (χ0v) is 15.2. The van der Waals surface area contributed by atoms with Crippen LogP contribution in [0.2, 0.25) is 0 Å². The zero-order chi connectivity index (χ0) is 17.0. The lowest BCUT2D eigenvalue weighted by Gasteiger charge is -2.12. The van der Waals surface area contributed by atoms with Crippen LogP contribution in [0.25, 0.3) is 32.6 Å². The van der Waals surface area contributed by atoms with Crippen LogP contribution in [0.1, 0.15) is 16.7 Å². The third kappa shape index (κ3) is 1.96. The maximum absolute atomic E-state index is 6.06. The molecule has 0 saturated heterocycles. The van der Waals surface area contributed by atoms with Gasteiger partial charge in [0.05, 0.1) is 12.6 Å². The lowest BCUT2D eigenvalue weighted by molar-refractivity contribution is 0.415. The number of methoxy groups -OCH3 is 1. The molecule has 0 N–H and O–H groups in total. The molecule has 0 aliphatic heterocycles. The highest BCUT2D eigenvalue weighted by atomic mass is 35.5. The Bertz CT molecular complexity index is 1110. The third-order valence-corrected chi connectivity index (χ3v) is 5.49. The molecular weight excluding hydrogens is 318 g/mol. The molecule has 0 fully saturated rings. The van der Waals surface area contributed by atoms with Gasteiger partial charge in [-0.3, -0.25) is 0 Å². The van der Waals surface area contributed by atoms with Crippen molar-refractivity contribution in [1.82, 2.24) is 4.57 Å². The van der Waals surface area contributed by atoms with E-state index in [1.807, 2.05) is 6.07 Å². The summed E-state index contributed by atoms with van der Waals surface area (Å²) in [6.07, 6.45) is 0. The molecule has 0 spiro atoms. The Kier molecular flexibility index (Phi) is 3.47. The first-order valence-electron chi connectivity index (χ1n) is 8.10. The van der Waals surface area contributed by atoms with Crippen LogP contribution in [0.15, 0.2) is 36.4 Å². The van der Waals surface area contributed by atoms with E-state index in [0.29, 0.717) is 5.88 Å². The topological polar surface area (TPSA) is 14.2 Å². The van der Waals surface area contributed by atoms with E-state index in [9.17, 15) is 0 Å². The Hall–Kier alpha value is -2.19. The third-order valence-electron chi connectivity index (χ3n) is 5.18. The second-order valence-corrected chi connectivity index (χ2v) is 6.70. The van der Waals surface area contributed by atoms with Gasteiger partial charge in [0.25, 0.3) is 0 Å². The van der Waals surface area contributed by atoms with Crippen LogP contribution in [-0.2, 0) is 12.9 Å². The molecule has 0 amide bonds. The predicted octanol–water partition coefficient (Wildman–Crippen LogP) is 5.85. The van der Waals surface area contributed by atoms with Crippen LogP contribution in [-0.4, -0.2) is 11.7 Å². The summed E-state index contributed by atoms with van der Waals surface area (Å²) in [5.74, 6) is 1.43. The van der Waals surface area contributed by atoms with Gasteiger partial charge < -0.3 is 9.30 Å². The zero-order valence-electron chi connectivity index (χ0n) is 14.4. The molecule has 0 atom stereocenters. The van der Waals surface area contributed by atoms with Gasteiger partial charge >= 0.3 is 0 Å². The number of alkyl halides is 1. The van der Waals surface area contributed by atoms with Crippen LogP contribution in [0.5, 0.6) is 5.75 Å². The normalized spacial score (nSPS) is 11.7. The fourth-order valence-corrected chi connectivity index (χ4v) is 4.11. The number of aryl methyl sites for hydroxylation is 3. The SMILES string of the molecule is COc1ccc2c(c1)c1c(C)c3cc(CCl)ccc3c(C)c1n2C. The smallest absolute Gasteiger partial charge is 0.119 e. The van der Waals surface area contributed by atoms with Crippen molar-refractivity contribution in [3.8, 4) is 5.75 Å². The Balaban J connectivity index is 2.28. The molecule has 4 aromatic rings. The summed E-state index contributed by atoms with van der Waals surface area (Å²) in [5, 5.41) is 5.13. The lowest BCUT2D eigenvalue weighted by atomic mass is 9.94. The standard InChI is InChI=1S/C21H20ClNO/c1-12-17-9-14(11-22)5-7-16(17)13(2)21-20(12)18-10-15(24-4)6-8-19(18)23(21)3/h5-10H,11H2,1-4H3. The van der Waals surface area contributed by atoms with Crippen LogP contribution in [0.3, 0.4) is 0 Å². The number of nitrogens with zero attached hydrogens (tertiary/aromatic N) is 1. The number of hydrogen-bond acceptors (Lipinski definition) is 1. The van der Waals surface area contributed by atoms with E-state index >= 15 is 0 Å². The van der Waals surface area contributed by atoms with E-state index in [2.05, 4.69) is 55.8 Å². The Morgan fingerprint density at radius 3 is 2.46 bits per heavy atom. The fourth-order valence-electron chi connectivity index (χ4n) is 3.94. The summed E-state index contributed by atoms with van der Waals surface area (Å²) in [6, 6.07) is 12.9. The molecule has 0 bridgehead atoms. The minimum absolute atomic E-state index is 0.538. The van der Waals surface area contributed by atoms with Gasteiger partial charge in [-0.05, 0) is 65.6 Å². The Morgan fingerprint density at radius 2 is 1.75 bits per heavy atom. The number of benzene rings is 3. The number of hydrogen-bond donors (Lipinski definition) is 0. The summed E-state index contributed by atoms with van der Waals surface area (Å²) in [5.41, 5.74) is 6.29. The molecule has 122 valence electrons. The largest absolute Gasteiger partial charge is 0.497 e. The number of aromatic nitrogens is 1. The van der Waals surface area contributed by atoms with Crippen LogP contribution in [0, 0.1) is 13.8 Å². The molecule has 24 heavy (non-hydrogen) atoms. The highest BCUT2D eigenvalue weighted by Gasteiger charge is 2.17. The molecule has 0 aliphatic rings. The van der Waals surface area contributed by atoms with Gasteiger partial charge in [0.2, 0.25) is 0 Å². The maximum atomic E-state index is 6.06. The van der Waals surface area contributed by atoms with E-state index in [-0.39, 0.29) is 0 Å². The number of ether oxygens (including phenoxy) is 1. The number of halogens is 1. The van der Waals surface area contributed by atoms with Crippen molar-refractivity contribution in [2.75, 3.05) is 7.11 Å². The van der Waals surface area contributed by atoms with E-state index < -0.39 is 0 Å². The molecule has 1 aromatic heterocycles. The highest BCUT2D eigenvalue weighted by Crippen LogP contribution is 2.39. The molecule has 0 aliphatic carbocycles. The van der Waals surface area contributed by atoms with Gasteiger partial charge in [0.1, 0.15) is 5.75 Å². The number of fused-ring (bicyclic) bond motifs is 4. The molecule has 0 radical (unpaired) electrons. The van der Waals surface area contributed by atoms with Gasteiger partial charge in [0.15, 0.2) is 0 Å². The lowest BCUT2D eigenvalue weighted by Crippen LogP contribution is -1.93. The molecular formula is C21H20ClNO. The van der Waals surface area contributed by atoms with Crippen molar-refractivity contribution in [2.24, 2.45) is 7.05 Å². The molecule has 0 unspecified atom stereocenters. The molecule has 4 rings (SSSR count). The monoisotopic (exact) mass is 337 g/mol. The summed E-state index contributed by atoms with van der Waals surface area (Å²) >= 11 is 6.06. The van der Waals surface area contributed by atoms with Crippen LogP contribution < -0.4 is 4.74 Å². The average Bonchev–Trinajstić information content (AvgIpc) is 2.91. The molecule has 0 saturated carbocycles. The first-order valence-corrected chi connectivity index (χ1v) is 8.64. The van der Waals surface area contributed by atoms with Crippen molar-refractivity contribution < 1.29 is 4.74 Å². The van der Waals surface area contributed by atoms with Crippen molar-refractivity contribution >= 4 is 44.2 Å². The molecule has 3 heteroatoms. The van der Waals surface area contributed by atoms with Crippen LogP contribution in [0.4, 0.5) is 0 Å². The van der Waals surface area contributed by atoms with E-state index in [0.717, 1.165) is 11.3 Å². The van der Waals surface area contributed by atoms with Gasteiger partial charge in [-0.1, -0.05) is 12.1 Å². The number of rotatable bonds is 2. The fraction of sp³-hybridized carbons (Fsp3) is 0.238. The maximum Gasteiger partial charge on any atom is 0.119 e. The predicted molar refractivity (Wildman–Crippen MR) is 104 cm³/mol. The van der Waals surface area contributed by atoms with Crippen LogP contribution >= 0.6 is 11.6 Å². The molecule has 2 nitrogen and oxygen atoms in total. The Labute approximate surface area is 146 Å². The minimum Gasteiger partial charge on any atom is -0.497 e. The summed E-state index contributed by atoms with van der Waals surface area (Å²) in [7, 11) is 3.86. The molecule has 1 heterocycles. The van der Waals surface area contributed by atoms with Gasteiger partial charge in [-0.15, -0.1) is 11.6 Å². The Morgan fingerprint density at radius 1 is 0.958 bits per heavy atom.